The molecule has 0 bridgehead atoms. The van der Waals surface area contributed by atoms with Gasteiger partial charge >= 0.3 is 0 Å². The fraction of sp³-hybridized carbons (Fsp3) is 0.467. The number of amides is 2. The van der Waals surface area contributed by atoms with Crippen LogP contribution >= 0.6 is 0 Å². The van der Waals surface area contributed by atoms with E-state index in [1.165, 1.54) is 19.1 Å². The summed E-state index contributed by atoms with van der Waals surface area (Å²) < 4.78 is 10.4. The van der Waals surface area contributed by atoms with Crippen LogP contribution in [0.3, 0.4) is 0 Å². The van der Waals surface area contributed by atoms with Crippen molar-refractivity contribution in [3.63, 3.8) is 0 Å². The van der Waals surface area contributed by atoms with E-state index in [1.807, 2.05) is 13.8 Å². The summed E-state index contributed by atoms with van der Waals surface area (Å²) in [5.41, 5.74) is 0.245. The highest BCUT2D eigenvalue weighted by Crippen LogP contribution is 2.37. The van der Waals surface area contributed by atoms with Crippen LogP contribution in [0.1, 0.15) is 26.7 Å². The van der Waals surface area contributed by atoms with Crippen LogP contribution < -0.4 is 14.4 Å². The fourth-order valence-electron chi connectivity index (χ4n) is 2.43. The van der Waals surface area contributed by atoms with E-state index in [4.69, 9.17) is 9.47 Å². The smallest absolute Gasteiger partial charge is 0.234 e. The molecular weight excluding hydrogens is 258 g/mol. The van der Waals surface area contributed by atoms with Gasteiger partial charge in [0.2, 0.25) is 11.8 Å². The molecule has 1 aliphatic heterocycles. The Balaban J connectivity index is 2.36. The normalized spacial score (nSPS) is 18.1. The van der Waals surface area contributed by atoms with Gasteiger partial charge in [0.05, 0.1) is 19.9 Å². The zero-order valence-corrected chi connectivity index (χ0v) is 12.2. The maximum atomic E-state index is 12.2. The number of anilines is 1. The van der Waals surface area contributed by atoms with Gasteiger partial charge in [-0.2, -0.15) is 0 Å². The van der Waals surface area contributed by atoms with Crippen molar-refractivity contribution in [2.45, 2.75) is 26.7 Å². The average molecular weight is 277 g/mol. The molecule has 0 atom stereocenters. The minimum Gasteiger partial charge on any atom is -0.493 e. The highest BCUT2D eigenvalue weighted by Gasteiger charge is 2.38. The predicted octanol–water partition coefficient (Wildman–Crippen LogP) is 2.38. The van der Waals surface area contributed by atoms with Crippen molar-refractivity contribution in [2.24, 2.45) is 5.41 Å². The van der Waals surface area contributed by atoms with Crippen molar-refractivity contribution in [1.82, 2.24) is 0 Å². The molecule has 1 heterocycles. The Morgan fingerprint density at radius 3 is 2.05 bits per heavy atom. The molecule has 20 heavy (non-hydrogen) atoms. The predicted molar refractivity (Wildman–Crippen MR) is 75.1 cm³/mol. The van der Waals surface area contributed by atoms with Gasteiger partial charge in [0.15, 0.2) is 11.5 Å². The summed E-state index contributed by atoms with van der Waals surface area (Å²) in [6.07, 6.45) is 0.709. The van der Waals surface area contributed by atoms with Crippen LogP contribution in [0, 0.1) is 5.41 Å². The minimum absolute atomic E-state index is 0.182. The summed E-state index contributed by atoms with van der Waals surface area (Å²) >= 11 is 0. The fourth-order valence-corrected chi connectivity index (χ4v) is 2.43. The number of hydrogen-bond acceptors (Lipinski definition) is 4. The molecule has 0 aromatic heterocycles. The third-order valence-electron chi connectivity index (χ3n) is 3.38. The second kappa shape index (κ2) is 5.15. The third-order valence-corrected chi connectivity index (χ3v) is 3.38. The summed E-state index contributed by atoms with van der Waals surface area (Å²) in [5, 5.41) is 0. The Labute approximate surface area is 118 Å². The molecule has 1 aromatic carbocycles. The summed E-state index contributed by atoms with van der Waals surface area (Å²) in [5.74, 6) is 0.695. The molecule has 0 N–H and O–H groups in total. The molecule has 0 unspecified atom stereocenters. The van der Waals surface area contributed by atoms with Crippen LogP contribution in [-0.2, 0) is 9.59 Å². The highest BCUT2D eigenvalue weighted by atomic mass is 16.5. The zero-order chi connectivity index (χ0) is 14.9. The van der Waals surface area contributed by atoms with E-state index < -0.39 is 0 Å². The van der Waals surface area contributed by atoms with Gasteiger partial charge in [-0.05, 0) is 17.5 Å². The molecule has 0 radical (unpaired) electrons. The van der Waals surface area contributed by atoms with Crippen molar-refractivity contribution in [2.75, 3.05) is 19.1 Å². The van der Waals surface area contributed by atoms with Crippen LogP contribution in [0.5, 0.6) is 11.5 Å². The largest absolute Gasteiger partial charge is 0.493 e. The van der Waals surface area contributed by atoms with Crippen LogP contribution in [0.4, 0.5) is 5.69 Å². The number of benzene rings is 1. The Morgan fingerprint density at radius 1 is 1.00 bits per heavy atom. The number of methoxy groups -OCH3 is 2. The lowest BCUT2D eigenvalue weighted by molar-refractivity contribution is -0.132. The number of ether oxygens (including phenoxy) is 2. The van der Waals surface area contributed by atoms with Gasteiger partial charge in [-0.3, -0.25) is 14.5 Å². The second-order valence-corrected chi connectivity index (χ2v) is 5.68. The Kier molecular flexibility index (Phi) is 3.70. The van der Waals surface area contributed by atoms with E-state index in [0.29, 0.717) is 30.0 Å². The molecule has 5 heteroatoms. The lowest BCUT2D eigenvalue weighted by Gasteiger charge is -2.34. The number of rotatable bonds is 3. The second-order valence-electron chi connectivity index (χ2n) is 5.68. The number of nitrogens with zero attached hydrogens (tertiary/aromatic N) is 1. The van der Waals surface area contributed by atoms with Crippen molar-refractivity contribution >= 4 is 17.5 Å². The van der Waals surface area contributed by atoms with E-state index in [2.05, 4.69) is 0 Å². The molecule has 0 aliphatic carbocycles. The topological polar surface area (TPSA) is 55.8 Å². The summed E-state index contributed by atoms with van der Waals surface area (Å²) in [7, 11) is 3.06. The SMILES string of the molecule is COc1ccc(N2C(=O)CC(C)(C)CC2=O)cc1OC. The quantitative estimate of drug-likeness (QED) is 0.796. The molecule has 1 aromatic rings. The van der Waals surface area contributed by atoms with Crippen LogP contribution in [-0.4, -0.2) is 26.0 Å². The summed E-state index contributed by atoms with van der Waals surface area (Å²) in [4.78, 5) is 25.6. The van der Waals surface area contributed by atoms with Crippen molar-refractivity contribution in [3.8, 4) is 11.5 Å². The molecule has 2 amide bonds. The maximum Gasteiger partial charge on any atom is 0.234 e. The van der Waals surface area contributed by atoms with E-state index in [-0.39, 0.29) is 17.2 Å². The van der Waals surface area contributed by atoms with Gasteiger partial charge in [-0.1, -0.05) is 13.8 Å². The van der Waals surface area contributed by atoms with E-state index in [0.717, 1.165) is 0 Å². The molecule has 1 saturated heterocycles. The molecule has 0 saturated carbocycles. The molecule has 0 spiro atoms. The number of imide groups is 1. The van der Waals surface area contributed by atoms with E-state index >= 15 is 0 Å². The number of piperidine rings is 1. The third kappa shape index (κ3) is 2.61. The van der Waals surface area contributed by atoms with Crippen LogP contribution in [0.15, 0.2) is 18.2 Å². The van der Waals surface area contributed by atoms with Crippen molar-refractivity contribution < 1.29 is 19.1 Å². The summed E-state index contributed by atoms with van der Waals surface area (Å²) in [6.45, 7) is 3.85. The maximum absolute atomic E-state index is 12.2. The lowest BCUT2D eigenvalue weighted by atomic mass is 9.81. The van der Waals surface area contributed by atoms with E-state index in [1.54, 1.807) is 18.2 Å². The van der Waals surface area contributed by atoms with Crippen LogP contribution in [0.2, 0.25) is 0 Å². The Hall–Kier alpha value is -2.04. The minimum atomic E-state index is -0.277. The van der Waals surface area contributed by atoms with E-state index in [9.17, 15) is 9.59 Å². The van der Waals surface area contributed by atoms with Gasteiger partial charge in [0, 0.05) is 18.9 Å². The molecule has 5 nitrogen and oxygen atoms in total. The zero-order valence-electron chi connectivity index (χ0n) is 12.2. The van der Waals surface area contributed by atoms with Gasteiger partial charge in [0.1, 0.15) is 0 Å². The molecule has 108 valence electrons. The Bertz CT molecular complexity index is 531. The van der Waals surface area contributed by atoms with Crippen molar-refractivity contribution in [3.05, 3.63) is 18.2 Å². The first-order valence-corrected chi connectivity index (χ1v) is 6.46. The summed E-state index contributed by atoms with van der Waals surface area (Å²) in [6, 6.07) is 5.02. The van der Waals surface area contributed by atoms with Gasteiger partial charge < -0.3 is 9.47 Å². The first kappa shape index (κ1) is 14.4. The standard InChI is InChI=1S/C15H19NO4/c1-15(2)8-13(17)16(14(18)9-15)10-5-6-11(19-3)12(7-10)20-4/h5-7H,8-9H2,1-4H3. The highest BCUT2D eigenvalue weighted by molar-refractivity contribution is 6.17. The Morgan fingerprint density at radius 2 is 1.55 bits per heavy atom. The van der Waals surface area contributed by atoms with Crippen LogP contribution in [0.25, 0.3) is 0 Å². The molecule has 2 rings (SSSR count). The first-order valence-electron chi connectivity index (χ1n) is 6.46. The molecular formula is C15H19NO4. The van der Waals surface area contributed by atoms with Gasteiger partial charge in [-0.15, -0.1) is 0 Å². The van der Waals surface area contributed by atoms with Gasteiger partial charge in [0.25, 0.3) is 0 Å². The number of carbonyl (C=O) groups is 2. The average Bonchev–Trinajstić information content (AvgIpc) is 2.36. The van der Waals surface area contributed by atoms with Crippen molar-refractivity contribution in [1.29, 1.82) is 0 Å². The lowest BCUT2D eigenvalue weighted by Crippen LogP contribution is -2.46. The monoisotopic (exact) mass is 277 g/mol. The number of carbonyl (C=O) groups excluding carboxylic acids is 2. The first-order chi connectivity index (χ1) is 9.38. The molecule has 1 fully saturated rings. The van der Waals surface area contributed by atoms with Gasteiger partial charge in [-0.25, -0.2) is 0 Å². The molecule has 1 aliphatic rings. The number of hydrogen-bond donors (Lipinski definition) is 0.